The number of aromatic hydroxyl groups is 1. The Kier molecular flexibility index (Phi) is 3.28. The number of ether oxygens (including phenoxy) is 1. The van der Waals surface area contributed by atoms with Crippen LogP contribution in [0.1, 0.15) is 11.1 Å². The zero-order valence-corrected chi connectivity index (χ0v) is 9.48. The van der Waals surface area contributed by atoms with Crippen LogP contribution < -0.4 is 4.74 Å². The second-order valence-corrected chi connectivity index (χ2v) is 3.89. The lowest BCUT2D eigenvalue weighted by molar-refractivity contribution is 0.289. The Morgan fingerprint density at radius 1 is 1.18 bits per heavy atom. The van der Waals surface area contributed by atoms with Crippen LogP contribution in [0.25, 0.3) is 0 Å². The van der Waals surface area contributed by atoms with E-state index < -0.39 is 0 Å². The highest BCUT2D eigenvalue weighted by molar-refractivity contribution is 5.31. The van der Waals surface area contributed by atoms with Crippen LogP contribution in [0.15, 0.2) is 42.5 Å². The molecule has 0 fully saturated rings. The van der Waals surface area contributed by atoms with Crippen LogP contribution in [0, 0.1) is 12.7 Å². The predicted octanol–water partition coefficient (Wildman–Crippen LogP) is 3.42. The Balaban J connectivity index is 2.09. The highest BCUT2D eigenvalue weighted by atomic mass is 19.1. The minimum absolute atomic E-state index is 0.177. The van der Waals surface area contributed by atoms with Gasteiger partial charge in [0.1, 0.15) is 12.4 Å². The molecule has 0 aliphatic rings. The van der Waals surface area contributed by atoms with Crippen molar-refractivity contribution in [3.05, 3.63) is 59.4 Å². The van der Waals surface area contributed by atoms with E-state index in [2.05, 4.69) is 0 Å². The molecule has 0 bridgehead atoms. The van der Waals surface area contributed by atoms with E-state index in [4.69, 9.17) is 4.74 Å². The van der Waals surface area contributed by atoms with Crippen LogP contribution >= 0.6 is 0 Å². The van der Waals surface area contributed by atoms with E-state index in [-0.39, 0.29) is 23.9 Å². The van der Waals surface area contributed by atoms with Crippen molar-refractivity contribution in [2.45, 2.75) is 13.5 Å². The van der Waals surface area contributed by atoms with Gasteiger partial charge in [-0.2, -0.15) is 0 Å². The Morgan fingerprint density at radius 2 is 2.00 bits per heavy atom. The summed E-state index contributed by atoms with van der Waals surface area (Å²) in [6.45, 7) is 2.11. The van der Waals surface area contributed by atoms with Gasteiger partial charge in [0, 0.05) is 0 Å². The minimum Gasteiger partial charge on any atom is -0.508 e. The molecular weight excluding hydrogens is 219 g/mol. The third kappa shape index (κ3) is 2.97. The number of hydrogen-bond acceptors (Lipinski definition) is 2. The van der Waals surface area contributed by atoms with Gasteiger partial charge in [0.25, 0.3) is 0 Å². The summed E-state index contributed by atoms with van der Waals surface area (Å²) in [5.74, 6) is 0.0277. The smallest absolute Gasteiger partial charge is 0.165 e. The Morgan fingerprint density at radius 3 is 2.76 bits per heavy atom. The van der Waals surface area contributed by atoms with Crippen LogP contribution in [0.2, 0.25) is 0 Å². The first-order chi connectivity index (χ1) is 8.15. The molecule has 1 N–H and O–H groups in total. The van der Waals surface area contributed by atoms with Gasteiger partial charge in [0.2, 0.25) is 0 Å². The standard InChI is InChI=1S/C14H13FO2/c1-10-5-6-13(15)14(7-10)17-9-11-3-2-4-12(16)8-11/h2-8,16H,9H2,1H3. The summed E-state index contributed by atoms with van der Waals surface area (Å²) in [7, 11) is 0. The largest absolute Gasteiger partial charge is 0.508 e. The molecule has 0 saturated heterocycles. The molecule has 0 saturated carbocycles. The van der Waals surface area contributed by atoms with Crippen molar-refractivity contribution in [3.63, 3.8) is 0 Å². The van der Waals surface area contributed by atoms with E-state index in [1.807, 2.05) is 13.0 Å². The second-order valence-electron chi connectivity index (χ2n) is 3.89. The zero-order chi connectivity index (χ0) is 12.3. The van der Waals surface area contributed by atoms with Crippen molar-refractivity contribution in [2.75, 3.05) is 0 Å². The summed E-state index contributed by atoms with van der Waals surface area (Å²) in [5, 5.41) is 9.28. The summed E-state index contributed by atoms with van der Waals surface area (Å²) >= 11 is 0. The van der Waals surface area contributed by atoms with Crippen molar-refractivity contribution in [2.24, 2.45) is 0 Å². The monoisotopic (exact) mass is 232 g/mol. The lowest BCUT2D eigenvalue weighted by Gasteiger charge is -2.08. The van der Waals surface area contributed by atoms with Gasteiger partial charge in [0.15, 0.2) is 11.6 Å². The maximum absolute atomic E-state index is 13.4. The molecule has 0 amide bonds. The normalized spacial score (nSPS) is 10.2. The fourth-order valence-corrected chi connectivity index (χ4v) is 1.53. The zero-order valence-electron chi connectivity index (χ0n) is 9.48. The molecular formula is C14H13FO2. The molecule has 0 atom stereocenters. The Hall–Kier alpha value is -2.03. The average molecular weight is 232 g/mol. The summed E-state index contributed by atoms with van der Waals surface area (Å²) in [5.41, 5.74) is 1.74. The lowest BCUT2D eigenvalue weighted by atomic mass is 10.2. The number of halogens is 1. The number of benzene rings is 2. The summed E-state index contributed by atoms with van der Waals surface area (Å²) in [6.07, 6.45) is 0. The summed E-state index contributed by atoms with van der Waals surface area (Å²) < 4.78 is 18.7. The van der Waals surface area contributed by atoms with Crippen molar-refractivity contribution < 1.29 is 14.2 Å². The molecule has 88 valence electrons. The van der Waals surface area contributed by atoms with E-state index in [1.165, 1.54) is 6.07 Å². The van der Waals surface area contributed by atoms with Crippen LogP contribution in [-0.2, 0) is 6.61 Å². The fraction of sp³-hybridized carbons (Fsp3) is 0.143. The van der Waals surface area contributed by atoms with E-state index >= 15 is 0 Å². The van der Waals surface area contributed by atoms with E-state index in [0.29, 0.717) is 0 Å². The Bertz CT molecular complexity index is 523. The quantitative estimate of drug-likeness (QED) is 0.878. The van der Waals surface area contributed by atoms with Gasteiger partial charge in [-0.25, -0.2) is 4.39 Å². The number of hydrogen-bond donors (Lipinski definition) is 1. The third-order valence-corrected chi connectivity index (χ3v) is 2.39. The summed E-state index contributed by atoms with van der Waals surface area (Å²) in [4.78, 5) is 0. The van der Waals surface area contributed by atoms with Crippen LogP contribution in [0.5, 0.6) is 11.5 Å². The first-order valence-electron chi connectivity index (χ1n) is 5.32. The molecule has 2 aromatic rings. The maximum Gasteiger partial charge on any atom is 0.165 e. The maximum atomic E-state index is 13.4. The van der Waals surface area contributed by atoms with Crippen molar-refractivity contribution >= 4 is 0 Å². The molecule has 2 rings (SSSR count). The highest BCUT2D eigenvalue weighted by Crippen LogP contribution is 2.20. The summed E-state index contributed by atoms with van der Waals surface area (Å²) in [6, 6.07) is 11.4. The molecule has 0 aliphatic carbocycles. The molecule has 0 unspecified atom stereocenters. The van der Waals surface area contributed by atoms with Gasteiger partial charge in [-0.15, -0.1) is 0 Å². The molecule has 0 spiro atoms. The predicted molar refractivity (Wildman–Crippen MR) is 63.6 cm³/mol. The molecule has 2 aromatic carbocycles. The minimum atomic E-state index is -0.379. The molecule has 2 nitrogen and oxygen atoms in total. The second kappa shape index (κ2) is 4.87. The van der Waals surface area contributed by atoms with Crippen LogP contribution in [-0.4, -0.2) is 5.11 Å². The molecule has 17 heavy (non-hydrogen) atoms. The number of rotatable bonds is 3. The van der Waals surface area contributed by atoms with Crippen molar-refractivity contribution in [3.8, 4) is 11.5 Å². The third-order valence-electron chi connectivity index (χ3n) is 2.39. The first kappa shape index (κ1) is 11.5. The SMILES string of the molecule is Cc1ccc(F)c(OCc2cccc(O)c2)c1. The molecule has 0 heterocycles. The lowest BCUT2D eigenvalue weighted by Crippen LogP contribution is -1.97. The van der Waals surface area contributed by atoms with E-state index in [9.17, 15) is 9.50 Å². The van der Waals surface area contributed by atoms with Crippen molar-refractivity contribution in [1.82, 2.24) is 0 Å². The highest BCUT2D eigenvalue weighted by Gasteiger charge is 2.03. The van der Waals surface area contributed by atoms with Crippen LogP contribution in [0.3, 0.4) is 0 Å². The van der Waals surface area contributed by atoms with Crippen LogP contribution in [0.4, 0.5) is 4.39 Å². The average Bonchev–Trinajstić information content (AvgIpc) is 2.30. The molecule has 0 aliphatic heterocycles. The van der Waals surface area contributed by atoms with E-state index in [0.717, 1.165) is 11.1 Å². The van der Waals surface area contributed by atoms with Crippen molar-refractivity contribution in [1.29, 1.82) is 0 Å². The number of phenols is 1. The molecule has 0 aromatic heterocycles. The topological polar surface area (TPSA) is 29.5 Å². The van der Waals surface area contributed by atoms with Gasteiger partial charge in [-0.05, 0) is 42.3 Å². The number of aryl methyl sites for hydroxylation is 1. The number of phenolic OH excluding ortho intramolecular Hbond substituents is 1. The van der Waals surface area contributed by atoms with Gasteiger partial charge < -0.3 is 9.84 Å². The van der Waals surface area contributed by atoms with Gasteiger partial charge in [0.05, 0.1) is 0 Å². The molecule has 0 radical (unpaired) electrons. The van der Waals surface area contributed by atoms with E-state index in [1.54, 1.807) is 30.3 Å². The first-order valence-corrected chi connectivity index (χ1v) is 5.32. The fourth-order valence-electron chi connectivity index (χ4n) is 1.53. The Labute approximate surface area is 99.3 Å². The van der Waals surface area contributed by atoms with Gasteiger partial charge >= 0.3 is 0 Å². The molecule has 3 heteroatoms. The van der Waals surface area contributed by atoms with Gasteiger partial charge in [-0.3, -0.25) is 0 Å². The van der Waals surface area contributed by atoms with Gasteiger partial charge in [-0.1, -0.05) is 18.2 Å².